The van der Waals surface area contributed by atoms with E-state index in [0.717, 1.165) is 0 Å². The van der Waals surface area contributed by atoms with Gasteiger partial charge in [-0.1, -0.05) is 16.8 Å². The van der Waals surface area contributed by atoms with Crippen LogP contribution in [0.5, 0.6) is 0 Å². The van der Waals surface area contributed by atoms with E-state index in [4.69, 9.17) is 0 Å². The van der Waals surface area contributed by atoms with Crippen LogP contribution in [0.3, 0.4) is 0 Å². The topological polar surface area (TPSA) is 173 Å². The van der Waals surface area contributed by atoms with Crippen LogP contribution in [0, 0.1) is 40.5 Å². The van der Waals surface area contributed by atoms with Gasteiger partial charge in [-0.25, -0.2) is 0 Å². The maximum atomic E-state index is 9.46. The van der Waals surface area contributed by atoms with E-state index in [9.17, 15) is 40.5 Å². The zero-order valence-corrected chi connectivity index (χ0v) is 24.6. The average molecular weight is 674 g/mol. The molecular weight excluding hydrogens is 666 g/mol. The number of rotatable bonds is 8. The summed E-state index contributed by atoms with van der Waals surface area (Å²) in [7, 11) is 0. The summed E-state index contributed by atoms with van der Waals surface area (Å²) >= 11 is 34.0. The van der Waals surface area contributed by atoms with Crippen LogP contribution >= 0.6 is 48.9 Å². The van der Waals surface area contributed by atoms with Crippen molar-refractivity contribution in [1.29, 1.82) is 0 Å². The van der Waals surface area contributed by atoms with Crippen LogP contribution in [0.2, 0.25) is 0 Å². The number of thiocarbonyl (C=S) groups is 4. The Bertz CT molecular complexity index is 476. The monoisotopic (exact) mass is 671 g/mol. The standard InChI is InChI=1S/4C2H3NO2S2.Cu.Zn/c4*4-3(5)1-2(6)7;;/h4*1H2,(H,6,7);;/q;;;;2*+2/p-4. The molecule has 1 radical (unpaired) electrons. The predicted molar refractivity (Wildman–Crippen MR) is 127 cm³/mol. The molecule has 0 aliphatic carbocycles. The normalized spacial score (nSPS) is 7.47. The fourth-order valence-electron chi connectivity index (χ4n) is 0.422. The Morgan fingerprint density at radius 3 is 0.633 bits per heavy atom. The smallest absolute Gasteiger partial charge is 0.427 e. The molecule has 0 N–H and O–H groups in total. The minimum Gasteiger partial charge on any atom is -0.427 e. The van der Waals surface area contributed by atoms with Gasteiger partial charge in [-0.3, -0.25) is 40.5 Å². The third-order valence-corrected chi connectivity index (χ3v) is 2.07. The van der Waals surface area contributed by atoms with Gasteiger partial charge >= 0.3 is 36.5 Å². The van der Waals surface area contributed by atoms with E-state index >= 15 is 0 Å². The first-order valence-electron chi connectivity index (χ1n) is 5.77. The fourth-order valence-corrected chi connectivity index (χ4v) is 1.26. The van der Waals surface area contributed by atoms with Crippen molar-refractivity contribution < 1.29 is 56.2 Å². The Hall–Kier alpha value is -0.0171. The van der Waals surface area contributed by atoms with E-state index in [0.29, 0.717) is 0 Å². The molecule has 0 bridgehead atoms. The van der Waals surface area contributed by atoms with Crippen LogP contribution in [0.25, 0.3) is 0 Å². The SMILES string of the molecule is O=[N+]([O-])CC(=S)[S-].O=[N+]([O-])CC(=S)[S-].O=[N+]([O-])CC(=S)[S-].O=[N+]([O-])CC(=S)[S-].[Cu+2].[Zn+2]. The maximum absolute atomic E-state index is 9.46. The summed E-state index contributed by atoms with van der Waals surface area (Å²) in [5.41, 5.74) is 0. The molecule has 0 aromatic heterocycles. The van der Waals surface area contributed by atoms with Crippen molar-refractivity contribution in [2.45, 2.75) is 0 Å². The van der Waals surface area contributed by atoms with Gasteiger partial charge in [-0.2, -0.15) is 0 Å². The van der Waals surface area contributed by atoms with Crippen molar-refractivity contribution in [3.8, 4) is 0 Å². The van der Waals surface area contributed by atoms with Gasteiger partial charge in [0.1, 0.15) is 0 Å². The largest absolute Gasteiger partial charge is 2.00 e. The summed E-state index contributed by atoms with van der Waals surface area (Å²) in [4.78, 5) is 35.7. The van der Waals surface area contributed by atoms with Gasteiger partial charge in [-0.05, 0) is 0 Å². The molecule has 0 aromatic rings. The molecule has 0 aliphatic heterocycles. The quantitative estimate of drug-likeness (QED) is 0.115. The van der Waals surface area contributed by atoms with Gasteiger partial charge < -0.3 is 99.4 Å². The molecule has 0 heterocycles. The molecule has 12 nitrogen and oxygen atoms in total. The van der Waals surface area contributed by atoms with Crippen molar-refractivity contribution in [2.24, 2.45) is 0 Å². The summed E-state index contributed by atoms with van der Waals surface area (Å²) < 4.78 is 0.0185. The van der Waals surface area contributed by atoms with E-state index in [1.807, 2.05) is 0 Å². The minimum atomic E-state index is -0.546. The second-order valence-electron chi connectivity index (χ2n) is 3.45. The molecule has 22 heteroatoms. The predicted octanol–water partition coefficient (Wildman–Crippen LogP) is 0.545. The Morgan fingerprint density at radius 2 is 0.633 bits per heavy atom. The van der Waals surface area contributed by atoms with Crippen LogP contribution in [-0.2, 0) is 87.1 Å². The molecule has 0 amide bonds. The number of nitro groups is 4. The first-order valence-corrected chi connectivity index (χ1v) is 9.04. The van der Waals surface area contributed by atoms with Crippen LogP contribution in [0.4, 0.5) is 0 Å². The number of hydrogen-bond donors (Lipinski definition) is 0. The molecule has 0 fully saturated rings. The van der Waals surface area contributed by atoms with E-state index in [1.165, 1.54) is 0 Å². The Morgan fingerprint density at radius 1 is 0.533 bits per heavy atom. The van der Waals surface area contributed by atoms with Crippen molar-refractivity contribution >= 4 is 116 Å². The number of hydrogen-bond acceptors (Lipinski definition) is 16. The summed E-state index contributed by atoms with van der Waals surface area (Å²) in [6, 6.07) is 0. The van der Waals surface area contributed by atoms with Gasteiger partial charge in [0.2, 0.25) is 26.2 Å². The van der Waals surface area contributed by atoms with Crippen LogP contribution < -0.4 is 0 Å². The molecule has 0 saturated carbocycles. The molecule has 0 aromatic carbocycles. The molecule has 0 rings (SSSR count). The van der Waals surface area contributed by atoms with Gasteiger partial charge in [-0.15, -0.1) is 0 Å². The summed E-state index contributed by atoms with van der Waals surface area (Å²) in [5, 5.41) is 37.8. The van der Waals surface area contributed by atoms with E-state index in [-0.39, 0.29) is 79.5 Å². The molecule has 0 aliphatic rings. The summed E-state index contributed by atoms with van der Waals surface area (Å²) in [6.07, 6.45) is 0. The molecule has 0 saturated heterocycles. The third kappa shape index (κ3) is 79.8. The molecular formula is C8H8CuN4O8S8Zn. The Balaban J connectivity index is -0.0000000626. The molecule has 0 atom stereocenters. The van der Waals surface area contributed by atoms with E-state index in [1.54, 1.807) is 0 Å². The van der Waals surface area contributed by atoms with Crippen molar-refractivity contribution in [2.75, 3.05) is 26.2 Å². The first kappa shape index (κ1) is 43.8. The zero-order valence-electron chi connectivity index (χ0n) is 14.2. The van der Waals surface area contributed by atoms with Gasteiger partial charge in [0.15, 0.2) is 0 Å². The summed E-state index contributed by atoms with van der Waals surface area (Å²) in [5.74, 6) is 0. The first-order chi connectivity index (χ1) is 12.5. The second-order valence-corrected chi connectivity index (χ2v) is 8.43. The van der Waals surface area contributed by atoms with E-state index in [2.05, 4.69) is 99.4 Å². The fraction of sp³-hybridized carbons (Fsp3) is 0.500. The zero-order chi connectivity index (χ0) is 23.4. The van der Waals surface area contributed by atoms with Crippen molar-refractivity contribution in [3.63, 3.8) is 0 Å². The summed E-state index contributed by atoms with van der Waals surface area (Å²) in [6.45, 7) is -1.48. The number of nitrogens with zero attached hydrogens (tertiary/aromatic N) is 4. The molecule has 0 unspecified atom stereocenters. The molecule has 169 valence electrons. The third-order valence-electron chi connectivity index (χ3n) is 1.03. The Kier molecular flexibility index (Phi) is 42.3. The van der Waals surface area contributed by atoms with Crippen LogP contribution in [0.15, 0.2) is 0 Å². The van der Waals surface area contributed by atoms with Crippen LogP contribution in [-0.4, -0.2) is 62.7 Å². The molecule has 0 spiro atoms. The van der Waals surface area contributed by atoms with Crippen molar-refractivity contribution in [3.05, 3.63) is 40.5 Å². The van der Waals surface area contributed by atoms with E-state index < -0.39 is 19.7 Å². The van der Waals surface area contributed by atoms with Gasteiger partial charge in [0.25, 0.3) is 0 Å². The second kappa shape index (κ2) is 29.0. The Labute approximate surface area is 236 Å². The average Bonchev–Trinajstić information content (AvgIpc) is 2.32. The van der Waals surface area contributed by atoms with Gasteiger partial charge in [0.05, 0.1) is 0 Å². The van der Waals surface area contributed by atoms with Gasteiger partial charge in [0, 0.05) is 19.7 Å². The maximum Gasteiger partial charge on any atom is 2.00 e. The van der Waals surface area contributed by atoms with Crippen LogP contribution in [0.1, 0.15) is 0 Å². The minimum absolute atomic E-state index is 0. The van der Waals surface area contributed by atoms with Crippen molar-refractivity contribution in [1.82, 2.24) is 0 Å². The molecule has 30 heavy (non-hydrogen) atoms.